The molecule has 1 unspecified atom stereocenters. The highest BCUT2D eigenvalue weighted by atomic mass is 35.5. The molecule has 2 nitrogen and oxygen atoms in total. The van der Waals surface area contributed by atoms with Gasteiger partial charge in [0.25, 0.3) is 0 Å². The molecule has 72 valence electrons. The minimum absolute atomic E-state index is 0.486. The van der Waals surface area contributed by atoms with Crippen molar-refractivity contribution in [1.29, 1.82) is 0 Å². The second-order valence-corrected chi connectivity index (χ2v) is 4.88. The zero-order valence-corrected chi connectivity index (χ0v) is 8.99. The highest BCUT2D eigenvalue weighted by Crippen LogP contribution is 2.20. The Morgan fingerprint density at radius 3 is 2.85 bits per heavy atom. The molecule has 0 radical (unpaired) electrons. The van der Waals surface area contributed by atoms with E-state index in [1.54, 1.807) is 18.2 Å². The van der Waals surface area contributed by atoms with Gasteiger partial charge < -0.3 is 5.73 Å². The van der Waals surface area contributed by atoms with Crippen LogP contribution in [0, 0.1) is 0 Å². The van der Waals surface area contributed by atoms with Crippen LogP contribution in [0.15, 0.2) is 18.2 Å². The molecular weight excluding hydrogens is 206 g/mol. The van der Waals surface area contributed by atoms with Gasteiger partial charge in [-0.1, -0.05) is 18.5 Å². The molecule has 1 aromatic carbocycles. The number of hydrogen-bond donors (Lipinski definition) is 1. The molecule has 0 heterocycles. The first-order valence-electron chi connectivity index (χ1n) is 4.02. The highest BCUT2D eigenvalue weighted by Gasteiger charge is 2.04. The van der Waals surface area contributed by atoms with Crippen LogP contribution in [0.5, 0.6) is 0 Å². The monoisotopic (exact) mass is 217 g/mol. The van der Waals surface area contributed by atoms with Crippen molar-refractivity contribution < 1.29 is 4.21 Å². The summed E-state index contributed by atoms with van der Waals surface area (Å²) in [6, 6.07) is 5.25. The maximum Gasteiger partial charge on any atom is 0.0501 e. The molecule has 0 aromatic heterocycles. The third kappa shape index (κ3) is 3.01. The van der Waals surface area contributed by atoms with E-state index >= 15 is 0 Å². The van der Waals surface area contributed by atoms with Crippen molar-refractivity contribution in [1.82, 2.24) is 0 Å². The summed E-state index contributed by atoms with van der Waals surface area (Å²) < 4.78 is 11.3. The van der Waals surface area contributed by atoms with E-state index in [2.05, 4.69) is 0 Å². The molecule has 0 spiro atoms. The van der Waals surface area contributed by atoms with Crippen LogP contribution in [0.3, 0.4) is 0 Å². The van der Waals surface area contributed by atoms with Gasteiger partial charge in [0.2, 0.25) is 0 Å². The second kappa shape index (κ2) is 4.63. The first-order valence-corrected chi connectivity index (χ1v) is 5.89. The van der Waals surface area contributed by atoms with E-state index in [0.717, 1.165) is 5.56 Å². The van der Waals surface area contributed by atoms with Crippen molar-refractivity contribution in [3.63, 3.8) is 0 Å². The molecule has 13 heavy (non-hydrogen) atoms. The lowest BCUT2D eigenvalue weighted by Crippen LogP contribution is -1.99. The van der Waals surface area contributed by atoms with Crippen LogP contribution in [0.4, 0.5) is 5.69 Å². The fraction of sp³-hybridized carbons (Fsp3) is 0.333. The summed E-state index contributed by atoms with van der Waals surface area (Å²) in [5.41, 5.74) is 7.11. The Balaban J connectivity index is 2.87. The maximum absolute atomic E-state index is 11.3. The number of nitrogens with two attached hydrogens (primary N) is 1. The summed E-state index contributed by atoms with van der Waals surface area (Å²) in [5, 5.41) is 0.635. The van der Waals surface area contributed by atoms with Crippen LogP contribution in [0.2, 0.25) is 5.02 Å². The Morgan fingerprint density at radius 2 is 2.23 bits per heavy atom. The van der Waals surface area contributed by atoms with Gasteiger partial charge in [-0.25, -0.2) is 0 Å². The van der Waals surface area contributed by atoms with Crippen molar-refractivity contribution in [3.8, 4) is 0 Å². The van der Waals surface area contributed by atoms with Crippen LogP contribution in [0.1, 0.15) is 12.5 Å². The summed E-state index contributed by atoms with van der Waals surface area (Å²) in [6.45, 7) is 1.89. The van der Waals surface area contributed by atoms with E-state index in [-0.39, 0.29) is 0 Å². The predicted molar refractivity (Wildman–Crippen MR) is 58.3 cm³/mol. The van der Waals surface area contributed by atoms with Gasteiger partial charge in [0.15, 0.2) is 0 Å². The lowest BCUT2D eigenvalue weighted by molar-refractivity contribution is 0.683. The number of nitrogen functional groups attached to an aromatic ring is 1. The molecule has 0 saturated heterocycles. The first kappa shape index (κ1) is 10.5. The average molecular weight is 218 g/mol. The maximum atomic E-state index is 11.3. The quantitative estimate of drug-likeness (QED) is 0.789. The SMILES string of the molecule is CCS(=O)Cc1cc(N)ccc1Cl. The van der Waals surface area contributed by atoms with E-state index in [1.807, 2.05) is 6.92 Å². The zero-order chi connectivity index (χ0) is 9.84. The van der Waals surface area contributed by atoms with Gasteiger partial charge in [-0.2, -0.15) is 0 Å². The van der Waals surface area contributed by atoms with Crippen molar-refractivity contribution in [2.45, 2.75) is 12.7 Å². The van der Waals surface area contributed by atoms with E-state index in [0.29, 0.717) is 22.2 Å². The number of anilines is 1. The standard InChI is InChI=1S/C9H12ClNOS/c1-2-13(12)6-7-5-8(11)3-4-9(7)10/h3-5H,2,6,11H2,1H3. The smallest absolute Gasteiger partial charge is 0.0501 e. The first-order chi connectivity index (χ1) is 6.13. The Morgan fingerprint density at radius 1 is 1.54 bits per heavy atom. The van der Waals surface area contributed by atoms with Crippen LogP contribution in [-0.4, -0.2) is 9.96 Å². The van der Waals surface area contributed by atoms with Crippen LogP contribution in [-0.2, 0) is 16.6 Å². The lowest BCUT2D eigenvalue weighted by atomic mass is 10.2. The van der Waals surface area contributed by atoms with E-state index in [9.17, 15) is 4.21 Å². The number of rotatable bonds is 3. The van der Waals surface area contributed by atoms with Gasteiger partial charge in [0, 0.05) is 27.3 Å². The molecule has 1 rings (SSSR count). The van der Waals surface area contributed by atoms with Crippen molar-refractivity contribution in [3.05, 3.63) is 28.8 Å². The Bertz CT molecular complexity index is 327. The third-order valence-corrected chi connectivity index (χ3v) is 3.35. The van der Waals surface area contributed by atoms with E-state index in [1.165, 1.54) is 0 Å². The van der Waals surface area contributed by atoms with Crippen LogP contribution in [0.25, 0.3) is 0 Å². The molecular formula is C9H12ClNOS. The van der Waals surface area contributed by atoms with Gasteiger partial charge in [0.05, 0.1) is 5.75 Å². The molecule has 2 N–H and O–H groups in total. The Kier molecular flexibility index (Phi) is 3.75. The molecule has 0 aliphatic heterocycles. The highest BCUT2D eigenvalue weighted by molar-refractivity contribution is 7.84. The normalized spacial score (nSPS) is 12.8. The molecule has 0 fully saturated rings. The minimum Gasteiger partial charge on any atom is -0.399 e. The average Bonchev–Trinajstić information content (AvgIpc) is 2.11. The molecule has 4 heteroatoms. The predicted octanol–water partition coefficient (Wildman–Crippen LogP) is 2.19. The summed E-state index contributed by atoms with van der Waals surface area (Å²) >= 11 is 5.91. The summed E-state index contributed by atoms with van der Waals surface area (Å²) in [7, 11) is -0.837. The second-order valence-electron chi connectivity index (χ2n) is 2.72. The van der Waals surface area contributed by atoms with Crippen LogP contribution < -0.4 is 5.73 Å². The molecule has 1 aromatic rings. The van der Waals surface area contributed by atoms with Crippen molar-refractivity contribution in [2.24, 2.45) is 0 Å². The third-order valence-electron chi connectivity index (χ3n) is 1.71. The summed E-state index contributed by atoms with van der Waals surface area (Å²) in [6.07, 6.45) is 0. The van der Waals surface area contributed by atoms with Gasteiger partial charge in [0.1, 0.15) is 0 Å². The molecule has 0 saturated carbocycles. The summed E-state index contributed by atoms with van der Waals surface area (Å²) in [5.74, 6) is 1.13. The van der Waals surface area contributed by atoms with E-state index < -0.39 is 10.8 Å². The zero-order valence-electron chi connectivity index (χ0n) is 7.42. The Labute approximate surface area is 85.5 Å². The molecule has 0 aliphatic carbocycles. The van der Waals surface area contributed by atoms with Gasteiger partial charge in [-0.3, -0.25) is 4.21 Å². The number of hydrogen-bond acceptors (Lipinski definition) is 2. The summed E-state index contributed by atoms with van der Waals surface area (Å²) in [4.78, 5) is 0. The topological polar surface area (TPSA) is 43.1 Å². The molecule has 0 aliphatic rings. The lowest BCUT2D eigenvalue weighted by Gasteiger charge is -2.03. The van der Waals surface area contributed by atoms with Crippen molar-refractivity contribution in [2.75, 3.05) is 11.5 Å². The molecule has 0 bridgehead atoms. The van der Waals surface area contributed by atoms with Crippen LogP contribution >= 0.6 is 11.6 Å². The number of benzene rings is 1. The fourth-order valence-corrected chi connectivity index (χ4v) is 2.03. The Hall–Kier alpha value is -0.540. The van der Waals surface area contributed by atoms with Gasteiger partial charge in [-0.05, 0) is 23.8 Å². The van der Waals surface area contributed by atoms with Gasteiger partial charge >= 0.3 is 0 Å². The van der Waals surface area contributed by atoms with E-state index in [4.69, 9.17) is 17.3 Å². The largest absolute Gasteiger partial charge is 0.399 e. The molecule has 1 atom stereocenters. The fourth-order valence-electron chi connectivity index (χ4n) is 0.981. The minimum atomic E-state index is -0.837. The molecule has 0 amide bonds. The number of halogens is 1. The van der Waals surface area contributed by atoms with Crippen molar-refractivity contribution >= 4 is 28.1 Å². The van der Waals surface area contributed by atoms with Gasteiger partial charge in [-0.15, -0.1) is 0 Å².